The van der Waals surface area contributed by atoms with Gasteiger partial charge in [-0.2, -0.15) is 0 Å². The zero-order valence-electron chi connectivity index (χ0n) is 8.30. The van der Waals surface area contributed by atoms with E-state index in [2.05, 4.69) is 22.2 Å². The number of hydrogen-bond donors (Lipinski definition) is 1. The van der Waals surface area contributed by atoms with Crippen LogP contribution in [0.25, 0.3) is 0 Å². The molecule has 15 heavy (non-hydrogen) atoms. The maximum atomic E-state index is 11.6. The highest BCUT2D eigenvalue weighted by Gasteiger charge is 2.28. The van der Waals surface area contributed by atoms with Crippen LogP contribution in [-0.2, 0) is 6.42 Å². The van der Waals surface area contributed by atoms with Gasteiger partial charge in [0, 0.05) is 13.5 Å². The summed E-state index contributed by atoms with van der Waals surface area (Å²) >= 11 is 1.41. The van der Waals surface area contributed by atoms with Crippen molar-refractivity contribution >= 4 is 22.5 Å². The molecule has 0 spiro atoms. The number of rotatable bonds is 3. The molecule has 0 aliphatic carbocycles. The third-order valence-corrected chi connectivity index (χ3v) is 2.96. The first-order valence-electron chi connectivity index (χ1n) is 4.44. The van der Waals surface area contributed by atoms with E-state index < -0.39 is 0 Å². The number of anilines is 1. The Labute approximate surface area is 91.2 Å². The van der Waals surface area contributed by atoms with Crippen molar-refractivity contribution in [1.29, 1.82) is 0 Å². The molecule has 1 aliphatic heterocycles. The van der Waals surface area contributed by atoms with Crippen molar-refractivity contribution in [2.75, 3.05) is 18.6 Å². The Bertz CT molecular complexity index is 390. The first-order chi connectivity index (χ1) is 7.22. The largest absolute Gasteiger partial charge is 0.341 e. The molecule has 0 radical (unpaired) electrons. The maximum absolute atomic E-state index is 11.6. The van der Waals surface area contributed by atoms with E-state index in [-0.39, 0.29) is 6.03 Å². The third kappa shape index (κ3) is 1.83. The van der Waals surface area contributed by atoms with Gasteiger partial charge in [0.05, 0.1) is 6.67 Å². The standard InChI is InChI=1S/C8H11N5OS/c1-3-4-6-10-11-7(15-6)13-5-9-12(2)8(13)14/h3,9H,1,4-5H2,2H3. The second kappa shape index (κ2) is 3.95. The molecule has 1 fully saturated rings. The van der Waals surface area contributed by atoms with E-state index in [9.17, 15) is 4.79 Å². The van der Waals surface area contributed by atoms with Crippen molar-refractivity contribution in [3.05, 3.63) is 17.7 Å². The predicted octanol–water partition coefficient (Wildman–Crippen LogP) is 0.601. The SMILES string of the molecule is C=CCc1nnc(N2CNN(C)C2=O)s1. The van der Waals surface area contributed by atoms with Crippen LogP contribution in [0.3, 0.4) is 0 Å². The Hall–Kier alpha value is -1.47. The van der Waals surface area contributed by atoms with Crippen LogP contribution in [0.4, 0.5) is 9.93 Å². The summed E-state index contributed by atoms with van der Waals surface area (Å²) < 4.78 is 0. The highest BCUT2D eigenvalue weighted by molar-refractivity contribution is 7.15. The number of nitrogens with one attached hydrogen (secondary N) is 1. The predicted molar refractivity (Wildman–Crippen MR) is 57.5 cm³/mol. The molecule has 7 heteroatoms. The monoisotopic (exact) mass is 225 g/mol. The zero-order chi connectivity index (χ0) is 10.8. The summed E-state index contributed by atoms with van der Waals surface area (Å²) in [5.74, 6) is 0. The molecule has 1 saturated heterocycles. The summed E-state index contributed by atoms with van der Waals surface area (Å²) in [5.41, 5.74) is 2.89. The molecule has 1 aromatic heterocycles. The molecule has 2 heterocycles. The van der Waals surface area contributed by atoms with Crippen LogP contribution < -0.4 is 10.3 Å². The molecule has 0 atom stereocenters. The second-order valence-corrected chi connectivity index (χ2v) is 4.10. The topological polar surface area (TPSA) is 61.4 Å². The maximum Gasteiger partial charge on any atom is 0.341 e. The van der Waals surface area contributed by atoms with E-state index >= 15 is 0 Å². The van der Waals surface area contributed by atoms with Crippen molar-refractivity contribution in [1.82, 2.24) is 20.6 Å². The van der Waals surface area contributed by atoms with Gasteiger partial charge in [-0.05, 0) is 0 Å². The van der Waals surface area contributed by atoms with E-state index in [1.165, 1.54) is 16.3 Å². The Morgan fingerprint density at radius 3 is 3.07 bits per heavy atom. The van der Waals surface area contributed by atoms with Gasteiger partial charge in [-0.3, -0.25) is 9.91 Å². The van der Waals surface area contributed by atoms with Crippen molar-refractivity contribution in [2.24, 2.45) is 0 Å². The van der Waals surface area contributed by atoms with Crippen molar-refractivity contribution < 1.29 is 4.79 Å². The average Bonchev–Trinajstić information content (AvgIpc) is 2.77. The molecule has 80 valence electrons. The van der Waals surface area contributed by atoms with E-state index in [1.54, 1.807) is 18.0 Å². The lowest BCUT2D eigenvalue weighted by molar-refractivity contribution is 0.217. The molecule has 0 bridgehead atoms. The molecular weight excluding hydrogens is 214 g/mol. The first kappa shape index (κ1) is 10.1. The minimum atomic E-state index is -0.115. The van der Waals surface area contributed by atoms with Gasteiger partial charge in [-0.25, -0.2) is 10.2 Å². The highest BCUT2D eigenvalue weighted by Crippen LogP contribution is 2.22. The molecule has 0 unspecified atom stereocenters. The average molecular weight is 225 g/mol. The van der Waals surface area contributed by atoms with Gasteiger partial charge < -0.3 is 0 Å². The Morgan fingerprint density at radius 2 is 2.47 bits per heavy atom. The van der Waals surface area contributed by atoms with E-state index in [0.717, 1.165) is 5.01 Å². The lowest BCUT2D eigenvalue weighted by atomic mass is 10.5. The van der Waals surface area contributed by atoms with Crippen LogP contribution in [0.1, 0.15) is 5.01 Å². The second-order valence-electron chi connectivity index (χ2n) is 3.06. The van der Waals surface area contributed by atoms with E-state index in [0.29, 0.717) is 18.2 Å². The minimum absolute atomic E-state index is 0.115. The first-order valence-corrected chi connectivity index (χ1v) is 5.26. The van der Waals surface area contributed by atoms with E-state index in [4.69, 9.17) is 0 Å². The molecule has 2 rings (SSSR count). The third-order valence-electron chi connectivity index (χ3n) is 1.99. The smallest absolute Gasteiger partial charge is 0.261 e. The summed E-state index contributed by atoms with van der Waals surface area (Å²) in [7, 11) is 1.67. The number of hydrazine groups is 1. The number of carbonyl (C=O) groups is 1. The summed E-state index contributed by atoms with van der Waals surface area (Å²) in [6.45, 7) is 4.07. The van der Waals surface area contributed by atoms with E-state index in [1.807, 2.05) is 0 Å². The summed E-state index contributed by atoms with van der Waals surface area (Å²) in [6, 6.07) is -0.115. The Kier molecular flexibility index (Phi) is 2.65. The van der Waals surface area contributed by atoms with Gasteiger partial charge in [0.1, 0.15) is 5.01 Å². The molecule has 6 nitrogen and oxygen atoms in total. The number of nitrogens with zero attached hydrogens (tertiary/aromatic N) is 4. The molecule has 1 aromatic rings. The molecule has 0 saturated carbocycles. The molecule has 2 amide bonds. The number of carbonyl (C=O) groups excluding carboxylic acids is 1. The Balaban J connectivity index is 2.15. The number of urea groups is 1. The van der Waals surface area contributed by atoms with Crippen LogP contribution in [-0.4, -0.2) is 35.0 Å². The lowest BCUT2D eigenvalue weighted by Crippen LogP contribution is -2.31. The van der Waals surface area contributed by atoms with Gasteiger partial charge in [0.2, 0.25) is 5.13 Å². The molecular formula is C8H11N5OS. The molecule has 0 aromatic carbocycles. The number of amides is 2. The number of hydrogen-bond acceptors (Lipinski definition) is 5. The van der Waals surface area contributed by atoms with Gasteiger partial charge >= 0.3 is 6.03 Å². The quantitative estimate of drug-likeness (QED) is 0.765. The van der Waals surface area contributed by atoms with Crippen LogP contribution in [0, 0.1) is 0 Å². The van der Waals surface area contributed by atoms with Crippen molar-refractivity contribution in [3.63, 3.8) is 0 Å². The number of aromatic nitrogens is 2. The highest BCUT2D eigenvalue weighted by atomic mass is 32.1. The normalized spacial score (nSPS) is 16.2. The minimum Gasteiger partial charge on any atom is -0.261 e. The van der Waals surface area contributed by atoms with Crippen LogP contribution >= 0.6 is 11.3 Å². The molecule has 1 aliphatic rings. The fraction of sp³-hybridized carbons (Fsp3) is 0.375. The van der Waals surface area contributed by atoms with Crippen LogP contribution in [0.2, 0.25) is 0 Å². The zero-order valence-corrected chi connectivity index (χ0v) is 9.12. The van der Waals surface area contributed by atoms with Crippen LogP contribution in [0.15, 0.2) is 12.7 Å². The van der Waals surface area contributed by atoms with Crippen molar-refractivity contribution in [3.8, 4) is 0 Å². The summed E-state index contributed by atoms with van der Waals surface area (Å²) in [6.07, 6.45) is 2.45. The fourth-order valence-electron chi connectivity index (χ4n) is 1.20. The summed E-state index contributed by atoms with van der Waals surface area (Å²) in [5, 5.41) is 10.8. The fourth-order valence-corrected chi connectivity index (χ4v) is 2.03. The van der Waals surface area contributed by atoms with Crippen LogP contribution in [0.5, 0.6) is 0 Å². The van der Waals surface area contributed by atoms with Gasteiger partial charge in [0.15, 0.2) is 0 Å². The summed E-state index contributed by atoms with van der Waals surface area (Å²) in [4.78, 5) is 13.1. The number of allylic oxidation sites excluding steroid dienone is 1. The Morgan fingerprint density at radius 1 is 1.67 bits per heavy atom. The molecule has 1 N–H and O–H groups in total. The van der Waals surface area contributed by atoms with Gasteiger partial charge in [-0.1, -0.05) is 17.4 Å². The van der Waals surface area contributed by atoms with Gasteiger partial charge in [0.25, 0.3) is 0 Å². The van der Waals surface area contributed by atoms with Gasteiger partial charge in [-0.15, -0.1) is 16.8 Å². The lowest BCUT2D eigenvalue weighted by Gasteiger charge is -2.08. The van der Waals surface area contributed by atoms with Crippen molar-refractivity contribution in [2.45, 2.75) is 6.42 Å².